The first-order chi connectivity index (χ1) is 10.7. The topological polar surface area (TPSA) is 79.9 Å². The van der Waals surface area contributed by atoms with Crippen LogP contribution in [0.3, 0.4) is 0 Å². The van der Waals surface area contributed by atoms with Crippen molar-refractivity contribution in [1.82, 2.24) is 0 Å². The largest absolute Gasteiger partial charge is 0.497 e. The normalized spacial score (nSPS) is 12.7. The van der Waals surface area contributed by atoms with E-state index >= 15 is 0 Å². The molecule has 116 valence electrons. The number of hydrogen-bond acceptors (Lipinski definition) is 3. The first-order valence-corrected chi connectivity index (χ1v) is 7.10. The minimum Gasteiger partial charge on any atom is -0.497 e. The lowest BCUT2D eigenvalue weighted by Crippen LogP contribution is -2.25. The van der Waals surface area contributed by atoms with Gasteiger partial charge in [0, 0.05) is 12.1 Å². The zero-order valence-corrected chi connectivity index (χ0v) is 12.6. The number of methoxy groups -OCH3 is 1. The van der Waals surface area contributed by atoms with Gasteiger partial charge < -0.3 is 20.9 Å². The Labute approximate surface area is 130 Å². The molecule has 2 aromatic carbocycles. The molecule has 5 heteroatoms. The Hall–Kier alpha value is -2.53. The van der Waals surface area contributed by atoms with E-state index in [4.69, 9.17) is 10.5 Å². The zero-order chi connectivity index (χ0) is 15.8. The fourth-order valence-corrected chi connectivity index (χ4v) is 2.02. The van der Waals surface area contributed by atoms with E-state index in [1.54, 1.807) is 7.11 Å². The summed E-state index contributed by atoms with van der Waals surface area (Å²) in [6.45, 7) is 0.254. The van der Waals surface area contributed by atoms with Crippen molar-refractivity contribution in [2.45, 2.75) is 12.5 Å². The minimum absolute atomic E-state index is 0.254. The van der Waals surface area contributed by atoms with Gasteiger partial charge in [-0.1, -0.05) is 30.3 Å². The number of aliphatic hydroxyl groups is 1. The van der Waals surface area contributed by atoms with E-state index < -0.39 is 6.10 Å². The summed E-state index contributed by atoms with van der Waals surface area (Å²) >= 11 is 0. The lowest BCUT2D eigenvalue weighted by Gasteiger charge is -2.10. The summed E-state index contributed by atoms with van der Waals surface area (Å²) in [6, 6.07) is 17.2. The number of anilines is 1. The molecule has 5 nitrogen and oxygen atoms in total. The van der Waals surface area contributed by atoms with Crippen LogP contribution in [0, 0.1) is 0 Å². The SMILES string of the molecule is COc1ccc(NC(N)=NCC(O)Cc2ccccc2)cc1. The smallest absolute Gasteiger partial charge is 0.193 e. The number of rotatable bonds is 6. The van der Waals surface area contributed by atoms with Gasteiger partial charge in [0.05, 0.1) is 19.8 Å². The summed E-state index contributed by atoms with van der Waals surface area (Å²) < 4.78 is 5.09. The van der Waals surface area contributed by atoms with Crippen molar-refractivity contribution in [3.8, 4) is 5.75 Å². The Bertz CT molecular complexity index is 597. The summed E-state index contributed by atoms with van der Waals surface area (Å²) in [6.07, 6.45) is -0.00113. The predicted molar refractivity (Wildman–Crippen MR) is 89.3 cm³/mol. The quantitative estimate of drug-likeness (QED) is 0.563. The van der Waals surface area contributed by atoms with Crippen molar-refractivity contribution < 1.29 is 9.84 Å². The van der Waals surface area contributed by atoms with Crippen molar-refractivity contribution >= 4 is 11.6 Å². The lowest BCUT2D eigenvalue weighted by molar-refractivity contribution is 0.184. The van der Waals surface area contributed by atoms with Gasteiger partial charge in [-0.3, -0.25) is 4.99 Å². The van der Waals surface area contributed by atoms with Gasteiger partial charge in [0.1, 0.15) is 5.75 Å². The van der Waals surface area contributed by atoms with Crippen LogP contribution in [0.2, 0.25) is 0 Å². The van der Waals surface area contributed by atoms with Crippen LogP contribution in [0.25, 0.3) is 0 Å². The fourth-order valence-electron chi connectivity index (χ4n) is 2.02. The number of guanidine groups is 1. The highest BCUT2D eigenvalue weighted by molar-refractivity contribution is 5.92. The van der Waals surface area contributed by atoms with E-state index in [9.17, 15) is 5.11 Å². The van der Waals surface area contributed by atoms with Crippen LogP contribution in [0.4, 0.5) is 5.69 Å². The van der Waals surface area contributed by atoms with Crippen molar-refractivity contribution in [2.24, 2.45) is 10.7 Å². The Morgan fingerprint density at radius 3 is 2.50 bits per heavy atom. The standard InChI is InChI=1S/C17H21N3O2/c1-22-16-9-7-14(8-10-16)20-17(18)19-12-15(21)11-13-5-3-2-4-6-13/h2-10,15,21H,11-12H2,1H3,(H3,18,19,20). The summed E-state index contributed by atoms with van der Waals surface area (Å²) in [7, 11) is 1.62. The molecule has 1 atom stereocenters. The van der Waals surface area contributed by atoms with Gasteiger partial charge in [0.15, 0.2) is 5.96 Å². The van der Waals surface area contributed by atoms with E-state index in [1.165, 1.54) is 0 Å². The minimum atomic E-state index is -0.557. The molecule has 0 aliphatic heterocycles. The van der Waals surface area contributed by atoms with E-state index in [-0.39, 0.29) is 12.5 Å². The van der Waals surface area contributed by atoms with Crippen LogP contribution >= 0.6 is 0 Å². The summed E-state index contributed by atoms with van der Waals surface area (Å²) in [4.78, 5) is 4.16. The highest BCUT2D eigenvalue weighted by Gasteiger charge is 2.05. The highest BCUT2D eigenvalue weighted by atomic mass is 16.5. The van der Waals surface area contributed by atoms with Crippen molar-refractivity contribution in [3.05, 3.63) is 60.2 Å². The molecule has 1 unspecified atom stereocenters. The molecule has 0 aromatic heterocycles. The Morgan fingerprint density at radius 2 is 1.86 bits per heavy atom. The number of nitrogens with two attached hydrogens (primary N) is 1. The Morgan fingerprint density at radius 1 is 1.18 bits per heavy atom. The van der Waals surface area contributed by atoms with Gasteiger partial charge in [-0.25, -0.2) is 0 Å². The molecule has 0 saturated heterocycles. The number of benzene rings is 2. The molecule has 0 fully saturated rings. The number of hydrogen-bond donors (Lipinski definition) is 3. The Balaban J connectivity index is 1.83. The third-order valence-electron chi connectivity index (χ3n) is 3.15. The van der Waals surface area contributed by atoms with E-state index in [1.807, 2.05) is 54.6 Å². The molecule has 4 N–H and O–H groups in total. The van der Waals surface area contributed by atoms with Gasteiger partial charge >= 0.3 is 0 Å². The second-order valence-electron chi connectivity index (χ2n) is 4.92. The van der Waals surface area contributed by atoms with Gasteiger partial charge in [-0.05, 0) is 29.8 Å². The average Bonchev–Trinajstić information content (AvgIpc) is 2.55. The van der Waals surface area contributed by atoms with Crippen LogP contribution in [0.1, 0.15) is 5.56 Å². The third-order valence-corrected chi connectivity index (χ3v) is 3.15. The van der Waals surface area contributed by atoms with Crippen molar-refractivity contribution in [3.63, 3.8) is 0 Å². The molecule has 2 aromatic rings. The van der Waals surface area contributed by atoms with E-state index in [0.29, 0.717) is 6.42 Å². The number of aliphatic hydroxyl groups excluding tert-OH is 1. The Kier molecular flexibility index (Phi) is 5.80. The second-order valence-corrected chi connectivity index (χ2v) is 4.92. The molecule has 2 rings (SSSR count). The third kappa shape index (κ3) is 5.10. The van der Waals surface area contributed by atoms with Crippen molar-refractivity contribution in [2.75, 3.05) is 19.0 Å². The van der Waals surface area contributed by atoms with Gasteiger partial charge in [-0.15, -0.1) is 0 Å². The second kappa shape index (κ2) is 8.05. The maximum Gasteiger partial charge on any atom is 0.193 e. The zero-order valence-electron chi connectivity index (χ0n) is 12.6. The maximum atomic E-state index is 9.98. The molecule has 0 radical (unpaired) electrons. The molecule has 0 aliphatic rings. The van der Waals surface area contributed by atoms with Gasteiger partial charge in [0.25, 0.3) is 0 Å². The number of aliphatic imine (C=N–C) groups is 1. The summed E-state index contributed by atoms with van der Waals surface area (Å²) in [5.41, 5.74) is 7.71. The van der Waals surface area contributed by atoms with E-state index in [2.05, 4.69) is 10.3 Å². The summed E-state index contributed by atoms with van der Waals surface area (Å²) in [5.74, 6) is 1.05. The lowest BCUT2D eigenvalue weighted by atomic mass is 10.1. The van der Waals surface area contributed by atoms with Crippen LogP contribution in [0.15, 0.2) is 59.6 Å². The van der Waals surface area contributed by atoms with Crippen LogP contribution in [-0.4, -0.2) is 30.8 Å². The van der Waals surface area contributed by atoms with Crippen molar-refractivity contribution in [1.29, 1.82) is 0 Å². The molecule has 0 amide bonds. The maximum absolute atomic E-state index is 9.98. The fraction of sp³-hybridized carbons (Fsp3) is 0.235. The first-order valence-electron chi connectivity index (χ1n) is 7.10. The molecule has 0 aliphatic carbocycles. The number of nitrogens with one attached hydrogen (secondary N) is 1. The predicted octanol–water partition coefficient (Wildman–Crippen LogP) is 2.03. The first kappa shape index (κ1) is 15.9. The van der Waals surface area contributed by atoms with Crippen LogP contribution < -0.4 is 15.8 Å². The monoisotopic (exact) mass is 299 g/mol. The molecule has 0 heterocycles. The van der Waals surface area contributed by atoms with Gasteiger partial charge in [0.2, 0.25) is 0 Å². The molecule has 0 spiro atoms. The molecule has 0 bridgehead atoms. The van der Waals surface area contributed by atoms with E-state index in [0.717, 1.165) is 17.0 Å². The highest BCUT2D eigenvalue weighted by Crippen LogP contribution is 2.14. The molecule has 0 saturated carbocycles. The van der Waals surface area contributed by atoms with Crippen LogP contribution in [0.5, 0.6) is 5.75 Å². The number of ether oxygens (including phenoxy) is 1. The van der Waals surface area contributed by atoms with Gasteiger partial charge in [-0.2, -0.15) is 0 Å². The molecular weight excluding hydrogens is 278 g/mol. The summed E-state index contributed by atoms with van der Waals surface area (Å²) in [5, 5.41) is 13.0. The number of nitrogens with zero attached hydrogens (tertiary/aromatic N) is 1. The average molecular weight is 299 g/mol. The molecular formula is C17H21N3O2. The molecule has 22 heavy (non-hydrogen) atoms. The van der Waals surface area contributed by atoms with Crippen LogP contribution in [-0.2, 0) is 6.42 Å².